The number of aliphatic hydroxyl groups excluding tert-OH is 1. The lowest BCUT2D eigenvalue weighted by atomic mass is 9.94. The molecule has 3 aromatic carbocycles. The number of amides is 1. The molecule has 1 amide bonds. The van der Waals surface area contributed by atoms with E-state index < -0.39 is 23.5 Å². The molecule has 5 rings (SSSR count). The number of fused-ring (bicyclic) bond motifs is 1. The van der Waals surface area contributed by atoms with E-state index in [-0.39, 0.29) is 28.1 Å². The second-order valence-corrected chi connectivity index (χ2v) is 9.09. The first-order chi connectivity index (χ1) is 16.2. The molecule has 2 atom stereocenters. The monoisotopic (exact) mass is 497 g/mol. The Labute approximate surface area is 205 Å². The lowest BCUT2D eigenvalue weighted by Crippen LogP contribution is -2.29. The van der Waals surface area contributed by atoms with Crippen LogP contribution < -0.4 is 9.64 Å². The van der Waals surface area contributed by atoms with Crippen molar-refractivity contribution in [1.29, 1.82) is 0 Å². The Hall–Kier alpha value is -3.35. The smallest absolute Gasteiger partial charge is 0.300 e. The lowest BCUT2D eigenvalue weighted by molar-refractivity contribution is -0.132. The van der Waals surface area contributed by atoms with Gasteiger partial charge in [-0.3, -0.25) is 14.5 Å². The number of hydrogen-bond acceptors (Lipinski definition) is 4. The minimum atomic E-state index is -1.04. The van der Waals surface area contributed by atoms with E-state index in [1.54, 1.807) is 30.3 Å². The summed E-state index contributed by atoms with van der Waals surface area (Å²) in [5.74, 6) is -1.97. The Bertz CT molecular complexity index is 1390. The van der Waals surface area contributed by atoms with Crippen LogP contribution in [0.15, 0.2) is 66.2 Å². The summed E-state index contributed by atoms with van der Waals surface area (Å²) in [6.45, 7) is 1.94. The van der Waals surface area contributed by atoms with Crippen molar-refractivity contribution in [1.82, 2.24) is 0 Å². The van der Waals surface area contributed by atoms with Crippen LogP contribution in [0.4, 0.5) is 10.1 Å². The van der Waals surface area contributed by atoms with Crippen LogP contribution in [0.1, 0.15) is 29.7 Å². The summed E-state index contributed by atoms with van der Waals surface area (Å²) in [5.41, 5.74) is 1.76. The first-order valence-electron chi connectivity index (χ1n) is 10.6. The summed E-state index contributed by atoms with van der Waals surface area (Å²) in [6.07, 6.45) is 0.659. The molecule has 0 aliphatic carbocycles. The van der Waals surface area contributed by atoms with Crippen molar-refractivity contribution in [3.05, 3.63) is 98.8 Å². The van der Waals surface area contributed by atoms with Gasteiger partial charge in [-0.15, -0.1) is 0 Å². The number of Topliss-reactive ketones (excluding diaryl/α,β-unsaturated/α-hetero) is 1. The van der Waals surface area contributed by atoms with Gasteiger partial charge < -0.3 is 9.84 Å². The zero-order chi connectivity index (χ0) is 24.1. The van der Waals surface area contributed by atoms with Gasteiger partial charge in [0.2, 0.25) is 0 Å². The zero-order valence-electron chi connectivity index (χ0n) is 17.9. The van der Waals surface area contributed by atoms with Gasteiger partial charge in [-0.1, -0.05) is 35.3 Å². The van der Waals surface area contributed by atoms with E-state index in [1.165, 1.54) is 24.3 Å². The fourth-order valence-electron chi connectivity index (χ4n) is 4.45. The van der Waals surface area contributed by atoms with E-state index in [0.29, 0.717) is 28.3 Å². The zero-order valence-corrected chi connectivity index (χ0v) is 19.4. The highest BCUT2D eigenvalue weighted by molar-refractivity contribution is 6.51. The van der Waals surface area contributed by atoms with Gasteiger partial charge in [0, 0.05) is 17.7 Å². The first-order valence-corrected chi connectivity index (χ1v) is 11.3. The van der Waals surface area contributed by atoms with Gasteiger partial charge in [-0.2, -0.15) is 0 Å². The summed E-state index contributed by atoms with van der Waals surface area (Å²) in [6, 6.07) is 14.1. The topological polar surface area (TPSA) is 66.8 Å². The summed E-state index contributed by atoms with van der Waals surface area (Å²) in [4.78, 5) is 27.5. The van der Waals surface area contributed by atoms with Gasteiger partial charge in [-0.25, -0.2) is 4.39 Å². The van der Waals surface area contributed by atoms with Gasteiger partial charge >= 0.3 is 0 Å². The van der Waals surface area contributed by atoms with Crippen LogP contribution in [-0.2, 0) is 16.0 Å². The van der Waals surface area contributed by atoms with Crippen LogP contribution >= 0.6 is 23.2 Å². The predicted octanol–water partition coefficient (Wildman–Crippen LogP) is 6.08. The predicted molar refractivity (Wildman–Crippen MR) is 128 cm³/mol. The average molecular weight is 498 g/mol. The second kappa shape index (κ2) is 8.46. The Morgan fingerprint density at radius 2 is 1.85 bits per heavy atom. The second-order valence-electron chi connectivity index (χ2n) is 8.28. The van der Waals surface area contributed by atoms with Gasteiger partial charge in [-0.05, 0) is 66.6 Å². The Morgan fingerprint density at radius 1 is 1.06 bits per heavy atom. The highest BCUT2D eigenvalue weighted by Gasteiger charge is 2.47. The lowest BCUT2D eigenvalue weighted by Gasteiger charge is -2.25. The Morgan fingerprint density at radius 3 is 2.59 bits per heavy atom. The third-order valence-corrected chi connectivity index (χ3v) is 6.70. The molecule has 1 saturated heterocycles. The number of benzene rings is 3. The van der Waals surface area contributed by atoms with Crippen molar-refractivity contribution in [2.75, 3.05) is 4.90 Å². The number of hydrogen-bond donors (Lipinski definition) is 1. The van der Waals surface area contributed by atoms with Crippen LogP contribution in [0.25, 0.3) is 5.76 Å². The number of aliphatic hydroxyl groups is 1. The normalized spacial score (nSPS) is 21.0. The van der Waals surface area contributed by atoms with Crippen molar-refractivity contribution in [3.63, 3.8) is 0 Å². The van der Waals surface area contributed by atoms with Gasteiger partial charge in [0.1, 0.15) is 23.4 Å². The number of halogens is 3. The third-order valence-electron chi connectivity index (χ3n) is 5.96. The van der Waals surface area contributed by atoms with E-state index >= 15 is 0 Å². The molecule has 0 aromatic heterocycles. The molecule has 0 bridgehead atoms. The molecule has 1 fully saturated rings. The largest absolute Gasteiger partial charge is 0.507 e. The molecule has 2 aliphatic rings. The SMILES string of the molecule is CC1Cc2cc(/C(O)=C3/C(=O)C(=O)N(c4cccc(F)c4)C3c3ccc(Cl)c(Cl)c3)ccc2O1. The van der Waals surface area contributed by atoms with Gasteiger partial charge in [0.05, 0.1) is 21.7 Å². The number of nitrogens with zero attached hydrogens (tertiary/aromatic N) is 1. The van der Waals surface area contributed by atoms with Crippen molar-refractivity contribution in [3.8, 4) is 5.75 Å². The molecule has 2 aliphatic heterocycles. The van der Waals surface area contributed by atoms with Gasteiger partial charge in [0.15, 0.2) is 0 Å². The van der Waals surface area contributed by atoms with E-state index in [9.17, 15) is 19.1 Å². The molecule has 2 heterocycles. The molecule has 0 spiro atoms. The third kappa shape index (κ3) is 3.73. The Balaban J connectivity index is 1.71. The van der Waals surface area contributed by atoms with Crippen molar-refractivity contribution >= 4 is 46.3 Å². The highest BCUT2D eigenvalue weighted by Crippen LogP contribution is 2.44. The van der Waals surface area contributed by atoms with Crippen LogP contribution in [-0.4, -0.2) is 22.9 Å². The van der Waals surface area contributed by atoms with Gasteiger partial charge in [0.25, 0.3) is 11.7 Å². The first kappa shape index (κ1) is 22.4. The van der Waals surface area contributed by atoms with Crippen molar-refractivity contribution < 1.29 is 23.8 Å². The minimum absolute atomic E-state index is 0.00200. The van der Waals surface area contributed by atoms with E-state index in [2.05, 4.69) is 0 Å². The van der Waals surface area contributed by atoms with Crippen molar-refractivity contribution in [2.24, 2.45) is 0 Å². The molecular formula is C26H18Cl2FNO4. The highest BCUT2D eigenvalue weighted by atomic mass is 35.5. The van der Waals surface area contributed by atoms with Crippen molar-refractivity contribution in [2.45, 2.75) is 25.5 Å². The van der Waals surface area contributed by atoms with E-state index in [1.807, 2.05) is 6.92 Å². The Kier molecular flexibility index (Phi) is 5.58. The summed E-state index contributed by atoms with van der Waals surface area (Å²) in [7, 11) is 0. The molecule has 8 heteroatoms. The molecule has 172 valence electrons. The molecule has 2 unspecified atom stereocenters. The number of ketones is 1. The van der Waals surface area contributed by atoms with Crippen LogP contribution in [0.3, 0.4) is 0 Å². The fraction of sp³-hybridized carbons (Fsp3) is 0.154. The maximum Gasteiger partial charge on any atom is 0.300 e. The average Bonchev–Trinajstić information content (AvgIpc) is 3.30. The molecular weight excluding hydrogens is 480 g/mol. The summed E-state index contributed by atoms with van der Waals surface area (Å²) < 4.78 is 19.8. The van der Waals surface area contributed by atoms with Crippen LogP contribution in [0.5, 0.6) is 5.75 Å². The van der Waals surface area contributed by atoms with Crippen LogP contribution in [0, 0.1) is 5.82 Å². The molecule has 0 saturated carbocycles. The number of carbonyl (C=O) groups excluding carboxylic acids is 2. The maximum absolute atomic E-state index is 14.0. The summed E-state index contributed by atoms with van der Waals surface area (Å²) >= 11 is 12.3. The molecule has 3 aromatic rings. The number of anilines is 1. The fourth-order valence-corrected chi connectivity index (χ4v) is 4.75. The molecule has 1 N–H and O–H groups in total. The number of carbonyl (C=O) groups is 2. The maximum atomic E-state index is 14.0. The molecule has 0 radical (unpaired) electrons. The van der Waals surface area contributed by atoms with E-state index in [4.69, 9.17) is 27.9 Å². The quantitative estimate of drug-likeness (QED) is 0.270. The standard InChI is InChI=1S/C26H18Cl2FNO4/c1-13-9-16-10-15(6-8-21(16)34-13)24(31)22-23(14-5-7-19(27)20(28)11-14)30(26(33)25(22)32)18-4-2-3-17(29)12-18/h2-8,10-13,23,31H,9H2,1H3/b24-22-. The minimum Gasteiger partial charge on any atom is -0.507 e. The molecule has 34 heavy (non-hydrogen) atoms. The number of ether oxygens (including phenoxy) is 1. The van der Waals surface area contributed by atoms with Crippen LogP contribution in [0.2, 0.25) is 10.0 Å². The number of rotatable bonds is 3. The summed E-state index contributed by atoms with van der Waals surface area (Å²) in [5, 5.41) is 11.8. The van der Waals surface area contributed by atoms with E-state index in [0.717, 1.165) is 16.5 Å². The molecule has 5 nitrogen and oxygen atoms in total.